The van der Waals surface area contributed by atoms with Crippen molar-refractivity contribution in [2.24, 2.45) is 5.92 Å². The van der Waals surface area contributed by atoms with E-state index in [9.17, 15) is 14.7 Å². The van der Waals surface area contributed by atoms with E-state index in [0.29, 0.717) is 18.7 Å². The van der Waals surface area contributed by atoms with Gasteiger partial charge in [-0.2, -0.15) is 0 Å². The van der Waals surface area contributed by atoms with E-state index < -0.39 is 12.0 Å². The zero-order chi connectivity index (χ0) is 15.4. The number of amides is 1. The molecule has 112 valence electrons. The highest BCUT2D eigenvalue weighted by atomic mass is 16.5. The molecule has 0 bridgehead atoms. The number of ether oxygens (including phenoxy) is 1. The Balaban J connectivity index is 2.14. The van der Waals surface area contributed by atoms with Crippen LogP contribution in [-0.2, 0) is 9.59 Å². The van der Waals surface area contributed by atoms with Crippen LogP contribution in [0.3, 0.4) is 0 Å². The summed E-state index contributed by atoms with van der Waals surface area (Å²) in [6.45, 7) is 2.34. The van der Waals surface area contributed by atoms with Crippen LogP contribution in [0.2, 0.25) is 0 Å². The minimum Gasteiger partial charge on any atom is -0.496 e. The van der Waals surface area contributed by atoms with Gasteiger partial charge in [-0.15, -0.1) is 0 Å². The zero-order valence-corrected chi connectivity index (χ0v) is 12.2. The molecular weight excluding hydrogens is 270 g/mol. The van der Waals surface area contributed by atoms with Gasteiger partial charge in [0.25, 0.3) is 0 Å². The molecule has 0 saturated carbocycles. The van der Waals surface area contributed by atoms with Crippen molar-refractivity contribution < 1.29 is 19.4 Å². The maximum atomic E-state index is 12.2. The standard InChI is InChI=1S/C16H19NO4/c1-11-9-10-17(15(11)16(19)20)14(18)8-7-12-5-3-4-6-13(12)21-2/h3-8,11,15H,9-10H2,1-2H3,(H,19,20)/b8-7+. The average molecular weight is 289 g/mol. The number of methoxy groups -OCH3 is 1. The lowest BCUT2D eigenvalue weighted by molar-refractivity contribution is -0.147. The lowest BCUT2D eigenvalue weighted by Crippen LogP contribution is -2.42. The summed E-state index contributed by atoms with van der Waals surface area (Å²) in [6, 6.07) is 6.61. The van der Waals surface area contributed by atoms with Gasteiger partial charge >= 0.3 is 5.97 Å². The van der Waals surface area contributed by atoms with E-state index in [1.54, 1.807) is 13.2 Å². The Morgan fingerprint density at radius 3 is 2.76 bits per heavy atom. The van der Waals surface area contributed by atoms with Gasteiger partial charge in [0.05, 0.1) is 7.11 Å². The Kier molecular flexibility index (Phi) is 4.62. The number of nitrogens with zero attached hydrogens (tertiary/aromatic N) is 1. The van der Waals surface area contributed by atoms with Crippen LogP contribution in [0.1, 0.15) is 18.9 Å². The van der Waals surface area contributed by atoms with E-state index in [2.05, 4.69) is 0 Å². The quantitative estimate of drug-likeness (QED) is 0.861. The van der Waals surface area contributed by atoms with Gasteiger partial charge in [0.1, 0.15) is 11.8 Å². The van der Waals surface area contributed by atoms with Crippen LogP contribution in [-0.4, -0.2) is 41.6 Å². The van der Waals surface area contributed by atoms with Crippen LogP contribution in [0, 0.1) is 5.92 Å². The lowest BCUT2D eigenvalue weighted by Gasteiger charge is -2.21. The molecule has 2 rings (SSSR count). The van der Waals surface area contributed by atoms with Crippen LogP contribution in [0.4, 0.5) is 0 Å². The number of carboxylic acids is 1. The number of benzene rings is 1. The monoisotopic (exact) mass is 289 g/mol. The number of carbonyl (C=O) groups is 2. The largest absolute Gasteiger partial charge is 0.496 e. The molecule has 1 N–H and O–H groups in total. The van der Waals surface area contributed by atoms with Crippen LogP contribution < -0.4 is 4.74 Å². The number of para-hydroxylation sites is 1. The van der Waals surface area contributed by atoms with Crippen LogP contribution in [0.25, 0.3) is 6.08 Å². The van der Waals surface area contributed by atoms with Crippen LogP contribution in [0.5, 0.6) is 5.75 Å². The number of hydrogen-bond donors (Lipinski definition) is 1. The summed E-state index contributed by atoms with van der Waals surface area (Å²) in [5.41, 5.74) is 0.785. The maximum Gasteiger partial charge on any atom is 0.326 e. The third kappa shape index (κ3) is 3.24. The highest BCUT2D eigenvalue weighted by Gasteiger charge is 2.38. The molecule has 2 unspecified atom stereocenters. The summed E-state index contributed by atoms with van der Waals surface area (Å²) in [7, 11) is 1.57. The summed E-state index contributed by atoms with van der Waals surface area (Å²) in [5.74, 6) is -0.575. The van der Waals surface area contributed by atoms with Crippen LogP contribution in [0.15, 0.2) is 30.3 Å². The molecule has 0 radical (unpaired) electrons. The molecule has 1 saturated heterocycles. The topological polar surface area (TPSA) is 66.8 Å². The van der Waals surface area contributed by atoms with Gasteiger partial charge in [-0.1, -0.05) is 25.1 Å². The van der Waals surface area contributed by atoms with Crippen molar-refractivity contribution >= 4 is 18.0 Å². The molecule has 1 amide bonds. The minimum absolute atomic E-state index is 0.0221. The fourth-order valence-electron chi connectivity index (χ4n) is 2.63. The number of rotatable bonds is 4. The third-order valence-electron chi connectivity index (χ3n) is 3.78. The lowest BCUT2D eigenvalue weighted by atomic mass is 10.0. The second-order valence-electron chi connectivity index (χ2n) is 5.16. The zero-order valence-electron chi connectivity index (χ0n) is 12.2. The van der Waals surface area contributed by atoms with E-state index in [1.807, 2.05) is 31.2 Å². The Labute approximate surface area is 123 Å². The molecule has 0 aliphatic carbocycles. The van der Waals surface area contributed by atoms with Gasteiger partial charge in [0.2, 0.25) is 5.91 Å². The summed E-state index contributed by atoms with van der Waals surface area (Å²) in [5, 5.41) is 9.23. The molecule has 0 spiro atoms. The predicted octanol–water partition coefficient (Wildman–Crippen LogP) is 2.03. The number of likely N-dealkylation sites (tertiary alicyclic amines) is 1. The molecule has 1 fully saturated rings. The van der Waals surface area contributed by atoms with Crippen molar-refractivity contribution in [3.63, 3.8) is 0 Å². The first-order valence-corrected chi connectivity index (χ1v) is 6.89. The smallest absolute Gasteiger partial charge is 0.326 e. The second kappa shape index (κ2) is 6.43. The number of hydrogen-bond acceptors (Lipinski definition) is 3. The summed E-state index contributed by atoms with van der Waals surface area (Å²) in [6.07, 6.45) is 3.78. The molecule has 5 nitrogen and oxygen atoms in total. The van der Waals surface area contributed by atoms with E-state index in [1.165, 1.54) is 11.0 Å². The molecule has 0 aromatic heterocycles. The number of carbonyl (C=O) groups excluding carboxylic acids is 1. The first-order valence-electron chi connectivity index (χ1n) is 6.89. The summed E-state index contributed by atoms with van der Waals surface area (Å²) >= 11 is 0. The van der Waals surface area contributed by atoms with E-state index >= 15 is 0 Å². The Morgan fingerprint density at radius 1 is 1.38 bits per heavy atom. The molecular formula is C16H19NO4. The van der Waals surface area contributed by atoms with Gasteiger partial charge in [0, 0.05) is 18.2 Å². The van der Waals surface area contributed by atoms with Crippen LogP contribution >= 0.6 is 0 Å². The van der Waals surface area contributed by atoms with Crippen molar-refractivity contribution in [2.75, 3.05) is 13.7 Å². The molecule has 2 atom stereocenters. The Bertz CT molecular complexity index is 567. The van der Waals surface area contributed by atoms with Crippen molar-refractivity contribution in [2.45, 2.75) is 19.4 Å². The summed E-state index contributed by atoms with van der Waals surface area (Å²) in [4.78, 5) is 24.9. The molecule has 1 aliphatic rings. The van der Waals surface area contributed by atoms with Crippen molar-refractivity contribution in [1.82, 2.24) is 4.90 Å². The van der Waals surface area contributed by atoms with Gasteiger partial charge in [-0.25, -0.2) is 4.79 Å². The fourth-order valence-corrected chi connectivity index (χ4v) is 2.63. The van der Waals surface area contributed by atoms with E-state index in [4.69, 9.17) is 4.74 Å². The highest BCUT2D eigenvalue weighted by Crippen LogP contribution is 2.25. The molecule has 21 heavy (non-hydrogen) atoms. The number of carboxylic acid groups (broad SMARTS) is 1. The van der Waals surface area contributed by atoms with Gasteiger partial charge in [-0.05, 0) is 24.5 Å². The first-order chi connectivity index (χ1) is 10.0. The first kappa shape index (κ1) is 15.1. The Morgan fingerprint density at radius 2 is 2.10 bits per heavy atom. The fraction of sp³-hybridized carbons (Fsp3) is 0.375. The molecule has 1 aliphatic heterocycles. The predicted molar refractivity (Wildman–Crippen MR) is 78.9 cm³/mol. The van der Waals surface area contributed by atoms with Crippen molar-refractivity contribution in [3.8, 4) is 5.75 Å². The average Bonchev–Trinajstić information content (AvgIpc) is 2.87. The van der Waals surface area contributed by atoms with Gasteiger partial charge in [-0.3, -0.25) is 4.79 Å². The van der Waals surface area contributed by atoms with E-state index in [-0.39, 0.29) is 11.8 Å². The van der Waals surface area contributed by atoms with E-state index in [0.717, 1.165) is 5.56 Å². The minimum atomic E-state index is -0.945. The van der Waals surface area contributed by atoms with Crippen molar-refractivity contribution in [3.05, 3.63) is 35.9 Å². The Hall–Kier alpha value is -2.30. The van der Waals surface area contributed by atoms with Gasteiger partial charge in [0.15, 0.2) is 0 Å². The second-order valence-corrected chi connectivity index (χ2v) is 5.16. The number of aliphatic carboxylic acids is 1. The SMILES string of the molecule is COc1ccccc1/C=C/C(=O)N1CCC(C)C1C(=O)O. The van der Waals surface area contributed by atoms with Crippen molar-refractivity contribution in [1.29, 1.82) is 0 Å². The molecule has 1 aromatic carbocycles. The molecule has 5 heteroatoms. The van der Waals surface area contributed by atoms with Gasteiger partial charge < -0.3 is 14.7 Å². The highest BCUT2D eigenvalue weighted by molar-refractivity contribution is 5.95. The summed E-state index contributed by atoms with van der Waals surface area (Å²) < 4.78 is 5.21. The molecule has 1 heterocycles. The normalized spacial score (nSPS) is 21.7. The maximum absolute atomic E-state index is 12.2. The third-order valence-corrected chi connectivity index (χ3v) is 3.78. The molecule has 1 aromatic rings.